The summed E-state index contributed by atoms with van der Waals surface area (Å²) in [6.45, 7) is 0.381. The van der Waals surface area contributed by atoms with Crippen molar-refractivity contribution in [1.82, 2.24) is 5.32 Å². The molecule has 6 heteroatoms. The molecule has 1 aliphatic carbocycles. The third-order valence-corrected chi connectivity index (χ3v) is 5.78. The van der Waals surface area contributed by atoms with Crippen molar-refractivity contribution >= 4 is 12.0 Å². The average molecular weight is 445 g/mol. The molecule has 4 rings (SSSR count). The van der Waals surface area contributed by atoms with Gasteiger partial charge in [0.25, 0.3) is 0 Å². The number of nitrogens with two attached hydrogens (primary N) is 1. The topological polar surface area (TPSA) is 90.7 Å². The lowest BCUT2D eigenvalue weighted by Gasteiger charge is -2.22. The first-order chi connectivity index (χ1) is 16.1. The molecule has 0 aromatic heterocycles. The molecule has 170 valence electrons. The predicted octanol–water partition coefficient (Wildman–Crippen LogP) is 5.45. The van der Waals surface area contributed by atoms with Crippen molar-refractivity contribution < 1.29 is 19.1 Å². The monoisotopic (exact) mass is 444 g/mol. The zero-order chi connectivity index (χ0) is 23.0. The fourth-order valence-electron chi connectivity index (χ4n) is 4.05. The summed E-state index contributed by atoms with van der Waals surface area (Å²) < 4.78 is 11.7. The molecule has 3 N–H and O–H groups in total. The summed E-state index contributed by atoms with van der Waals surface area (Å²) >= 11 is 0. The zero-order valence-corrected chi connectivity index (χ0v) is 18.5. The van der Waals surface area contributed by atoms with Crippen LogP contribution in [0, 0.1) is 0 Å². The number of carbonyl (C=O) groups excluding carboxylic acids is 2. The van der Waals surface area contributed by atoms with Crippen molar-refractivity contribution in [3.8, 4) is 22.6 Å². The van der Waals surface area contributed by atoms with E-state index in [9.17, 15) is 9.59 Å². The third kappa shape index (κ3) is 6.13. The number of benzene rings is 3. The molecule has 1 saturated carbocycles. The van der Waals surface area contributed by atoms with E-state index < -0.39 is 12.0 Å². The van der Waals surface area contributed by atoms with Gasteiger partial charge in [0.15, 0.2) is 0 Å². The highest BCUT2D eigenvalue weighted by Crippen LogP contribution is 2.35. The molecular weight excluding hydrogens is 416 g/mol. The van der Waals surface area contributed by atoms with Crippen LogP contribution in [0.4, 0.5) is 4.79 Å². The number of amides is 2. The lowest BCUT2D eigenvalue weighted by atomic mass is 9.96. The van der Waals surface area contributed by atoms with Gasteiger partial charge in [-0.2, -0.15) is 0 Å². The van der Waals surface area contributed by atoms with E-state index >= 15 is 0 Å². The number of primary amides is 1. The summed E-state index contributed by atoms with van der Waals surface area (Å²) in [5.41, 5.74) is 8.34. The van der Waals surface area contributed by atoms with E-state index in [1.807, 2.05) is 36.4 Å². The first kappa shape index (κ1) is 22.4. The Kier molecular flexibility index (Phi) is 7.25. The molecule has 0 atom stereocenters. The van der Waals surface area contributed by atoms with Crippen molar-refractivity contribution in [1.29, 1.82) is 0 Å². The van der Waals surface area contributed by atoms with Gasteiger partial charge in [0, 0.05) is 17.2 Å². The maximum absolute atomic E-state index is 12.4. The molecule has 1 fully saturated rings. The summed E-state index contributed by atoms with van der Waals surface area (Å²) in [6.07, 6.45) is 4.96. The minimum Gasteiger partial charge on any atom is -0.488 e. The van der Waals surface area contributed by atoms with Gasteiger partial charge in [-0.05, 0) is 54.3 Å². The van der Waals surface area contributed by atoms with Gasteiger partial charge in [-0.1, -0.05) is 61.7 Å². The van der Waals surface area contributed by atoms with Gasteiger partial charge in [-0.25, -0.2) is 4.79 Å². The highest BCUT2D eigenvalue weighted by molar-refractivity contribution is 5.94. The van der Waals surface area contributed by atoms with E-state index in [1.54, 1.807) is 36.4 Å². The zero-order valence-electron chi connectivity index (χ0n) is 18.5. The van der Waals surface area contributed by atoms with Crippen LogP contribution in [-0.2, 0) is 6.61 Å². The van der Waals surface area contributed by atoms with Gasteiger partial charge in [-0.3, -0.25) is 4.79 Å². The van der Waals surface area contributed by atoms with E-state index in [1.165, 1.54) is 6.42 Å². The lowest BCUT2D eigenvalue weighted by molar-refractivity contribution is 0.1000. The molecule has 0 aliphatic heterocycles. The van der Waals surface area contributed by atoms with Crippen LogP contribution in [0.15, 0.2) is 72.8 Å². The number of hydrogen-bond donors (Lipinski definition) is 2. The van der Waals surface area contributed by atoms with Gasteiger partial charge in [0.05, 0.1) is 0 Å². The molecule has 2 amide bonds. The molecule has 3 aromatic carbocycles. The molecule has 0 unspecified atom stereocenters. The minimum atomic E-state index is -0.511. The number of ether oxygens (including phenoxy) is 2. The van der Waals surface area contributed by atoms with Crippen LogP contribution in [0.25, 0.3) is 11.1 Å². The van der Waals surface area contributed by atoms with Crippen LogP contribution in [0.1, 0.15) is 48.0 Å². The molecule has 6 nitrogen and oxygen atoms in total. The van der Waals surface area contributed by atoms with E-state index in [2.05, 4.69) is 5.32 Å². The van der Waals surface area contributed by atoms with Crippen LogP contribution in [-0.4, -0.2) is 18.0 Å². The maximum atomic E-state index is 12.4. The van der Waals surface area contributed by atoms with Gasteiger partial charge in [0.1, 0.15) is 18.1 Å². The Bertz CT molecular complexity index is 1110. The summed E-state index contributed by atoms with van der Waals surface area (Å²) in [5, 5.41) is 2.96. The molecule has 0 saturated heterocycles. The standard InChI is InChI=1S/C27H28N2O4/c28-26(30)21-11-7-10-20(16-21)24-17-23(33-27(31)29-22-12-5-2-6-13-22)14-15-25(24)32-18-19-8-3-1-4-9-19/h1,3-4,7-11,14-17,22H,2,5-6,12-13,18H2,(H2,28,30)(H,29,31). The Morgan fingerprint density at radius 1 is 0.909 bits per heavy atom. The van der Waals surface area contributed by atoms with Crippen LogP contribution in [0.5, 0.6) is 11.5 Å². The second-order valence-corrected chi connectivity index (χ2v) is 8.25. The molecule has 0 spiro atoms. The number of hydrogen-bond acceptors (Lipinski definition) is 4. The number of nitrogens with one attached hydrogen (secondary N) is 1. The van der Waals surface area contributed by atoms with E-state index in [-0.39, 0.29) is 6.04 Å². The third-order valence-electron chi connectivity index (χ3n) is 5.78. The first-order valence-corrected chi connectivity index (χ1v) is 11.3. The van der Waals surface area contributed by atoms with Crippen molar-refractivity contribution in [3.05, 3.63) is 83.9 Å². The van der Waals surface area contributed by atoms with Crippen molar-refractivity contribution in [2.45, 2.75) is 44.8 Å². The quantitative estimate of drug-likeness (QED) is 0.507. The lowest BCUT2D eigenvalue weighted by Crippen LogP contribution is -2.37. The van der Waals surface area contributed by atoms with Crippen LogP contribution in [0.2, 0.25) is 0 Å². The highest BCUT2D eigenvalue weighted by Gasteiger charge is 2.18. The van der Waals surface area contributed by atoms with E-state index in [4.69, 9.17) is 15.2 Å². The second-order valence-electron chi connectivity index (χ2n) is 8.25. The molecule has 1 aliphatic rings. The SMILES string of the molecule is NC(=O)c1cccc(-c2cc(OC(=O)NC3CCCCC3)ccc2OCc2ccccc2)c1. The Balaban J connectivity index is 1.57. The Morgan fingerprint density at radius 2 is 1.70 bits per heavy atom. The fourth-order valence-corrected chi connectivity index (χ4v) is 4.05. The van der Waals surface area contributed by atoms with E-state index in [0.29, 0.717) is 29.2 Å². The summed E-state index contributed by atoms with van der Waals surface area (Å²) in [4.78, 5) is 24.1. The highest BCUT2D eigenvalue weighted by atomic mass is 16.6. The van der Waals surface area contributed by atoms with Gasteiger partial charge >= 0.3 is 6.09 Å². The molecule has 33 heavy (non-hydrogen) atoms. The largest absolute Gasteiger partial charge is 0.488 e. The number of rotatable bonds is 7. The van der Waals surface area contributed by atoms with Crippen molar-refractivity contribution in [2.75, 3.05) is 0 Å². The van der Waals surface area contributed by atoms with Gasteiger partial charge < -0.3 is 20.5 Å². The van der Waals surface area contributed by atoms with E-state index in [0.717, 1.165) is 36.8 Å². The summed E-state index contributed by atoms with van der Waals surface area (Å²) in [7, 11) is 0. The summed E-state index contributed by atoms with van der Waals surface area (Å²) in [5.74, 6) is 0.498. The molecule has 0 bridgehead atoms. The predicted molar refractivity (Wildman–Crippen MR) is 127 cm³/mol. The fraction of sp³-hybridized carbons (Fsp3) is 0.259. The van der Waals surface area contributed by atoms with Gasteiger partial charge in [0.2, 0.25) is 5.91 Å². The normalized spacial score (nSPS) is 13.8. The smallest absolute Gasteiger partial charge is 0.412 e. The van der Waals surface area contributed by atoms with Crippen LogP contribution >= 0.6 is 0 Å². The molecule has 0 heterocycles. The second kappa shape index (κ2) is 10.7. The summed E-state index contributed by atoms with van der Waals surface area (Å²) in [6, 6.07) is 22.2. The van der Waals surface area contributed by atoms with Crippen molar-refractivity contribution in [3.63, 3.8) is 0 Å². The molecule has 0 radical (unpaired) electrons. The first-order valence-electron chi connectivity index (χ1n) is 11.3. The van der Waals surface area contributed by atoms with Crippen molar-refractivity contribution in [2.24, 2.45) is 5.73 Å². The molecular formula is C27H28N2O4. The van der Waals surface area contributed by atoms with Crippen LogP contribution in [0.3, 0.4) is 0 Å². The van der Waals surface area contributed by atoms with Crippen LogP contribution < -0.4 is 20.5 Å². The Labute approximate surface area is 193 Å². The van der Waals surface area contributed by atoms with Gasteiger partial charge in [-0.15, -0.1) is 0 Å². The number of carbonyl (C=O) groups is 2. The average Bonchev–Trinajstić information content (AvgIpc) is 2.84. The maximum Gasteiger partial charge on any atom is 0.412 e. The Hall–Kier alpha value is -3.80. The minimum absolute atomic E-state index is 0.159. The Morgan fingerprint density at radius 3 is 2.45 bits per heavy atom. The molecule has 3 aromatic rings.